The maximum atomic E-state index is 12.8. The van der Waals surface area contributed by atoms with E-state index in [1.165, 1.54) is 4.31 Å². The number of aryl methyl sites for hydroxylation is 1. The Morgan fingerprint density at radius 3 is 2.26 bits per heavy atom. The molecule has 23 heavy (non-hydrogen) atoms. The van der Waals surface area contributed by atoms with Gasteiger partial charge in [0, 0.05) is 32.1 Å². The second-order valence-electron chi connectivity index (χ2n) is 6.48. The van der Waals surface area contributed by atoms with Gasteiger partial charge in [0.15, 0.2) is 0 Å². The average Bonchev–Trinajstić information content (AvgIpc) is 3.09. The molecule has 2 fully saturated rings. The van der Waals surface area contributed by atoms with Crippen LogP contribution in [-0.2, 0) is 14.8 Å². The van der Waals surface area contributed by atoms with E-state index in [1.54, 1.807) is 12.1 Å². The van der Waals surface area contributed by atoms with Crippen molar-refractivity contribution in [1.82, 2.24) is 9.21 Å². The number of rotatable bonds is 3. The monoisotopic (exact) mass is 336 g/mol. The Morgan fingerprint density at radius 2 is 1.65 bits per heavy atom. The lowest BCUT2D eigenvalue weighted by Gasteiger charge is -2.35. The van der Waals surface area contributed by atoms with Crippen molar-refractivity contribution >= 4 is 15.9 Å². The fraction of sp³-hybridized carbons (Fsp3) is 0.588. The van der Waals surface area contributed by atoms with Crippen LogP contribution in [0.5, 0.6) is 0 Å². The van der Waals surface area contributed by atoms with Gasteiger partial charge in [-0.1, -0.05) is 31.0 Å². The first-order valence-electron chi connectivity index (χ1n) is 8.35. The van der Waals surface area contributed by atoms with E-state index in [9.17, 15) is 13.2 Å². The van der Waals surface area contributed by atoms with Gasteiger partial charge in [-0.2, -0.15) is 4.31 Å². The van der Waals surface area contributed by atoms with Crippen LogP contribution in [-0.4, -0.2) is 49.7 Å². The number of hydrogen-bond donors (Lipinski definition) is 0. The molecule has 3 rings (SSSR count). The Bertz CT molecular complexity index is 673. The van der Waals surface area contributed by atoms with Crippen molar-refractivity contribution in [3.63, 3.8) is 0 Å². The molecule has 0 spiro atoms. The van der Waals surface area contributed by atoms with Gasteiger partial charge in [0.2, 0.25) is 15.9 Å². The maximum absolute atomic E-state index is 12.8. The SMILES string of the molecule is Cc1ccccc1S(=O)(=O)N1CCN(C(=O)C2CCCC2)CC1. The second-order valence-corrected chi connectivity index (χ2v) is 8.38. The highest BCUT2D eigenvalue weighted by atomic mass is 32.2. The number of amides is 1. The third kappa shape index (κ3) is 3.28. The van der Waals surface area contributed by atoms with Crippen LogP contribution in [0.2, 0.25) is 0 Å². The van der Waals surface area contributed by atoms with Crippen molar-refractivity contribution in [2.45, 2.75) is 37.5 Å². The van der Waals surface area contributed by atoms with Gasteiger partial charge in [-0.15, -0.1) is 0 Å². The van der Waals surface area contributed by atoms with Gasteiger partial charge in [0.25, 0.3) is 0 Å². The summed E-state index contributed by atoms with van der Waals surface area (Å²) in [5, 5.41) is 0. The van der Waals surface area contributed by atoms with Crippen LogP contribution >= 0.6 is 0 Å². The number of carbonyl (C=O) groups is 1. The van der Waals surface area contributed by atoms with Gasteiger partial charge in [-0.25, -0.2) is 8.42 Å². The molecule has 1 aliphatic heterocycles. The zero-order valence-electron chi connectivity index (χ0n) is 13.6. The number of carbonyl (C=O) groups excluding carboxylic acids is 1. The van der Waals surface area contributed by atoms with E-state index in [0.29, 0.717) is 31.1 Å². The molecule has 0 bridgehead atoms. The van der Waals surface area contributed by atoms with Gasteiger partial charge in [-0.3, -0.25) is 4.79 Å². The van der Waals surface area contributed by atoms with Crippen molar-refractivity contribution in [1.29, 1.82) is 0 Å². The van der Waals surface area contributed by atoms with Crippen LogP contribution in [0.4, 0.5) is 0 Å². The first-order valence-corrected chi connectivity index (χ1v) is 9.79. The van der Waals surface area contributed by atoms with E-state index in [-0.39, 0.29) is 11.8 Å². The fourth-order valence-electron chi connectivity index (χ4n) is 3.56. The Labute approximate surface area is 138 Å². The number of hydrogen-bond acceptors (Lipinski definition) is 3. The van der Waals surface area contributed by atoms with E-state index >= 15 is 0 Å². The summed E-state index contributed by atoms with van der Waals surface area (Å²) in [6, 6.07) is 7.06. The summed E-state index contributed by atoms with van der Waals surface area (Å²) in [7, 11) is -3.47. The van der Waals surface area contributed by atoms with Crippen molar-refractivity contribution < 1.29 is 13.2 Å². The van der Waals surface area contributed by atoms with Crippen LogP contribution < -0.4 is 0 Å². The molecule has 5 nitrogen and oxygen atoms in total. The molecule has 1 aromatic rings. The predicted octanol–water partition coefficient (Wildman–Crippen LogP) is 2.02. The second kappa shape index (κ2) is 6.61. The zero-order valence-corrected chi connectivity index (χ0v) is 14.4. The first kappa shape index (κ1) is 16.5. The highest BCUT2D eigenvalue weighted by Crippen LogP contribution is 2.27. The minimum absolute atomic E-state index is 0.162. The number of piperazine rings is 1. The standard InChI is InChI=1S/C17H24N2O3S/c1-14-6-2-5-9-16(14)23(21,22)19-12-10-18(11-13-19)17(20)15-7-3-4-8-15/h2,5-6,9,15H,3-4,7-8,10-13H2,1H3. The number of benzene rings is 1. The highest BCUT2D eigenvalue weighted by Gasteiger charge is 2.33. The lowest BCUT2D eigenvalue weighted by atomic mass is 10.1. The van der Waals surface area contributed by atoms with Gasteiger partial charge in [0.05, 0.1) is 4.90 Å². The van der Waals surface area contributed by atoms with E-state index in [1.807, 2.05) is 24.0 Å². The van der Waals surface area contributed by atoms with Crippen LogP contribution in [0.1, 0.15) is 31.2 Å². The Kier molecular flexibility index (Phi) is 4.73. The summed E-state index contributed by atoms with van der Waals surface area (Å²) in [6.45, 7) is 3.58. The van der Waals surface area contributed by atoms with Crippen molar-refractivity contribution in [2.75, 3.05) is 26.2 Å². The van der Waals surface area contributed by atoms with Gasteiger partial charge >= 0.3 is 0 Å². The summed E-state index contributed by atoms with van der Waals surface area (Å²) in [5.74, 6) is 0.380. The Hall–Kier alpha value is -1.40. The maximum Gasteiger partial charge on any atom is 0.243 e. The summed E-state index contributed by atoms with van der Waals surface area (Å²) < 4.78 is 27.0. The van der Waals surface area contributed by atoms with Gasteiger partial charge in [-0.05, 0) is 31.4 Å². The van der Waals surface area contributed by atoms with Gasteiger partial charge < -0.3 is 4.90 Å². The zero-order chi connectivity index (χ0) is 16.4. The fourth-order valence-corrected chi connectivity index (χ4v) is 5.21. The molecule has 0 aromatic heterocycles. The average molecular weight is 336 g/mol. The van der Waals surface area contributed by atoms with Gasteiger partial charge in [0.1, 0.15) is 0 Å². The molecule has 0 atom stereocenters. The third-order valence-corrected chi connectivity index (χ3v) is 7.02. The Morgan fingerprint density at radius 1 is 1.04 bits per heavy atom. The summed E-state index contributed by atoms with van der Waals surface area (Å²) in [6.07, 6.45) is 4.25. The molecule has 1 aliphatic carbocycles. The van der Waals surface area contributed by atoms with E-state index in [4.69, 9.17) is 0 Å². The summed E-state index contributed by atoms with van der Waals surface area (Å²) >= 11 is 0. The molecule has 2 aliphatic rings. The highest BCUT2D eigenvalue weighted by molar-refractivity contribution is 7.89. The van der Waals surface area contributed by atoms with Crippen molar-refractivity contribution in [3.8, 4) is 0 Å². The molecule has 1 saturated heterocycles. The van der Waals surface area contributed by atoms with Crippen molar-refractivity contribution in [2.24, 2.45) is 5.92 Å². The molecular weight excluding hydrogens is 312 g/mol. The topological polar surface area (TPSA) is 57.7 Å². The number of sulfonamides is 1. The summed E-state index contributed by atoms with van der Waals surface area (Å²) in [5.41, 5.74) is 0.761. The lowest BCUT2D eigenvalue weighted by Crippen LogP contribution is -2.51. The molecular formula is C17H24N2O3S. The third-order valence-electron chi connectivity index (χ3n) is 4.97. The lowest BCUT2D eigenvalue weighted by molar-refractivity contribution is -0.136. The Balaban J connectivity index is 1.66. The van der Waals surface area contributed by atoms with Crippen LogP contribution in [0.3, 0.4) is 0 Å². The minimum Gasteiger partial charge on any atom is -0.340 e. The van der Waals surface area contributed by atoms with E-state index in [2.05, 4.69) is 0 Å². The molecule has 0 unspecified atom stereocenters. The van der Waals surface area contributed by atoms with Crippen LogP contribution in [0.15, 0.2) is 29.2 Å². The predicted molar refractivity (Wildman–Crippen MR) is 88.5 cm³/mol. The first-order chi connectivity index (χ1) is 11.0. The normalized spacial score (nSPS) is 20.8. The molecule has 1 amide bonds. The van der Waals surface area contributed by atoms with Crippen molar-refractivity contribution in [3.05, 3.63) is 29.8 Å². The van der Waals surface area contributed by atoms with Crippen LogP contribution in [0.25, 0.3) is 0 Å². The van der Waals surface area contributed by atoms with E-state index < -0.39 is 10.0 Å². The molecule has 126 valence electrons. The molecule has 0 N–H and O–H groups in total. The molecule has 1 saturated carbocycles. The van der Waals surface area contributed by atoms with Crippen LogP contribution in [0, 0.1) is 12.8 Å². The minimum atomic E-state index is -3.47. The van der Waals surface area contributed by atoms with E-state index in [0.717, 1.165) is 31.2 Å². The summed E-state index contributed by atoms with van der Waals surface area (Å²) in [4.78, 5) is 14.7. The smallest absolute Gasteiger partial charge is 0.243 e. The molecule has 0 radical (unpaired) electrons. The number of nitrogens with zero attached hydrogens (tertiary/aromatic N) is 2. The largest absolute Gasteiger partial charge is 0.340 e. The molecule has 6 heteroatoms. The molecule has 1 aromatic carbocycles. The quantitative estimate of drug-likeness (QED) is 0.848. The molecule has 1 heterocycles.